The topological polar surface area (TPSA) is 150 Å². The molecule has 0 spiro atoms. The van der Waals surface area contributed by atoms with E-state index in [4.69, 9.17) is 11.6 Å². The molecule has 0 aliphatic heterocycles. The van der Waals surface area contributed by atoms with Gasteiger partial charge in [0.25, 0.3) is 0 Å². The first-order valence-electron chi connectivity index (χ1n) is 6.76. The SMILES string of the molecule is COC(=O)NNc1nc(Cl)nc(Nc2ccc(NC(C)=O)c(O)c2)n1. The van der Waals surface area contributed by atoms with Crippen molar-refractivity contribution in [2.45, 2.75) is 6.92 Å². The van der Waals surface area contributed by atoms with E-state index in [1.807, 2.05) is 0 Å². The lowest BCUT2D eigenvalue weighted by atomic mass is 10.2. The maximum absolute atomic E-state index is 11.0. The highest BCUT2D eigenvalue weighted by Gasteiger charge is 2.09. The van der Waals surface area contributed by atoms with Gasteiger partial charge in [0.1, 0.15) is 5.75 Å². The van der Waals surface area contributed by atoms with Crippen LogP contribution in [0, 0.1) is 0 Å². The van der Waals surface area contributed by atoms with E-state index in [0.717, 1.165) is 0 Å². The van der Waals surface area contributed by atoms with Crippen LogP contribution in [0.1, 0.15) is 6.92 Å². The number of aromatic hydroxyl groups is 1. The number of hydrogen-bond acceptors (Lipinski definition) is 9. The number of hydrogen-bond donors (Lipinski definition) is 5. The van der Waals surface area contributed by atoms with Crippen molar-refractivity contribution < 1.29 is 19.4 Å². The van der Waals surface area contributed by atoms with E-state index >= 15 is 0 Å². The maximum atomic E-state index is 11.0. The summed E-state index contributed by atoms with van der Waals surface area (Å²) in [5.41, 5.74) is 5.26. The molecule has 25 heavy (non-hydrogen) atoms. The van der Waals surface area contributed by atoms with Gasteiger partial charge in [-0.1, -0.05) is 0 Å². The number of benzene rings is 1. The molecule has 1 heterocycles. The van der Waals surface area contributed by atoms with E-state index in [1.54, 1.807) is 6.07 Å². The Balaban J connectivity index is 2.14. The van der Waals surface area contributed by atoms with Crippen molar-refractivity contribution in [3.05, 3.63) is 23.5 Å². The van der Waals surface area contributed by atoms with Gasteiger partial charge >= 0.3 is 6.09 Å². The van der Waals surface area contributed by atoms with Gasteiger partial charge < -0.3 is 20.5 Å². The smallest absolute Gasteiger partial charge is 0.425 e. The van der Waals surface area contributed by atoms with Crippen LogP contribution in [0.4, 0.5) is 28.1 Å². The highest BCUT2D eigenvalue weighted by molar-refractivity contribution is 6.28. The Bertz CT molecular complexity index is 802. The number of methoxy groups -OCH3 is 1. The number of hydrazine groups is 1. The van der Waals surface area contributed by atoms with Crippen molar-refractivity contribution in [1.29, 1.82) is 0 Å². The predicted octanol–water partition coefficient (Wildman–Crippen LogP) is 1.62. The molecule has 132 valence electrons. The maximum Gasteiger partial charge on any atom is 0.425 e. The quantitative estimate of drug-likeness (QED) is 0.392. The fraction of sp³-hybridized carbons (Fsp3) is 0.154. The second-order valence-corrected chi connectivity index (χ2v) is 4.87. The number of amides is 2. The van der Waals surface area contributed by atoms with Crippen molar-refractivity contribution in [3.63, 3.8) is 0 Å². The van der Waals surface area contributed by atoms with Crippen LogP contribution in [0.2, 0.25) is 5.28 Å². The normalized spacial score (nSPS) is 9.88. The van der Waals surface area contributed by atoms with Gasteiger partial charge in [-0.3, -0.25) is 10.2 Å². The molecule has 0 bridgehead atoms. The number of ether oxygens (including phenoxy) is 1. The second-order valence-electron chi connectivity index (χ2n) is 4.53. The summed E-state index contributed by atoms with van der Waals surface area (Å²) in [5, 5.41) is 15.0. The van der Waals surface area contributed by atoms with Gasteiger partial charge in [-0.2, -0.15) is 15.0 Å². The number of phenolic OH excluding ortho intramolecular Hbond substituents is 1. The first-order valence-corrected chi connectivity index (χ1v) is 7.14. The first-order chi connectivity index (χ1) is 11.9. The minimum atomic E-state index is -0.746. The van der Waals surface area contributed by atoms with Crippen molar-refractivity contribution in [3.8, 4) is 5.75 Å². The summed E-state index contributed by atoms with van der Waals surface area (Å²) < 4.78 is 4.39. The average Bonchev–Trinajstić information content (AvgIpc) is 2.54. The van der Waals surface area contributed by atoms with Crippen molar-refractivity contribution in [2.24, 2.45) is 0 Å². The van der Waals surface area contributed by atoms with Gasteiger partial charge in [-0.05, 0) is 23.7 Å². The number of carbonyl (C=O) groups is 2. The third-order valence-electron chi connectivity index (χ3n) is 2.63. The minimum absolute atomic E-state index is 0.0352. The van der Waals surface area contributed by atoms with Gasteiger partial charge in [0, 0.05) is 18.7 Å². The summed E-state index contributed by atoms with van der Waals surface area (Å²) in [4.78, 5) is 33.7. The molecule has 0 fully saturated rings. The van der Waals surface area contributed by atoms with Gasteiger partial charge in [-0.15, -0.1) is 0 Å². The number of halogens is 1. The third-order valence-corrected chi connectivity index (χ3v) is 2.80. The number of nitrogens with one attached hydrogen (secondary N) is 4. The molecule has 11 nitrogen and oxygen atoms in total. The summed E-state index contributed by atoms with van der Waals surface area (Å²) >= 11 is 5.80. The number of aromatic nitrogens is 3. The number of phenols is 1. The minimum Gasteiger partial charge on any atom is -0.506 e. The van der Waals surface area contributed by atoms with E-state index in [9.17, 15) is 14.7 Å². The van der Waals surface area contributed by atoms with Gasteiger partial charge in [0.15, 0.2) is 0 Å². The van der Waals surface area contributed by atoms with Crippen LogP contribution in [0.25, 0.3) is 0 Å². The standard InChI is InChI=1S/C13H14ClN7O4/c1-6(22)15-8-4-3-7(5-9(8)23)16-11-17-10(14)18-12(19-11)20-21-13(24)25-2/h3-5,23H,1-2H3,(H,15,22)(H,21,24)(H2,16,17,18,19,20). The number of nitrogens with zero attached hydrogens (tertiary/aromatic N) is 3. The summed E-state index contributed by atoms with van der Waals surface area (Å²) in [7, 11) is 1.20. The molecule has 0 atom stereocenters. The molecule has 2 amide bonds. The van der Waals surface area contributed by atoms with E-state index in [2.05, 4.69) is 41.2 Å². The summed E-state index contributed by atoms with van der Waals surface area (Å²) in [6, 6.07) is 4.45. The molecule has 2 rings (SSSR count). The molecular formula is C13H14ClN7O4. The molecule has 12 heteroatoms. The zero-order valence-electron chi connectivity index (χ0n) is 13.1. The van der Waals surface area contributed by atoms with Crippen LogP contribution in [0.15, 0.2) is 18.2 Å². The lowest BCUT2D eigenvalue weighted by Gasteiger charge is -2.10. The molecule has 0 aliphatic rings. The molecular weight excluding hydrogens is 354 g/mol. The van der Waals surface area contributed by atoms with Crippen LogP contribution < -0.4 is 21.5 Å². The van der Waals surface area contributed by atoms with Gasteiger partial charge in [-0.25, -0.2) is 10.2 Å². The van der Waals surface area contributed by atoms with Crippen LogP contribution in [-0.4, -0.2) is 39.2 Å². The van der Waals surface area contributed by atoms with E-state index in [-0.39, 0.29) is 34.5 Å². The first kappa shape index (κ1) is 18.0. The predicted molar refractivity (Wildman–Crippen MR) is 89.7 cm³/mol. The Hall–Kier alpha value is -3.34. The van der Waals surface area contributed by atoms with Gasteiger partial charge in [0.2, 0.25) is 23.1 Å². The monoisotopic (exact) mass is 367 g/mol. The fourth-order valence-corrected chi connectivity index (χ4v) is 1.81. The zero-order valence-corrected chi connectivity index (χ0v) is 13.9. The van der Waals surface area contributed by atoms with Crippen molar-refractivity contribution >= 4 is 46.9 Å². The third kappa shape index (κ3) is 5.35. The highest BCUT2D eigenvalue weighted by Crippen LogP contribution is 2.28. The van der Waals surface area contributed by atoms with Crippen LogP contribution in [0.5, 0.6) is 5.75 Å². The molecule has 0 unspecified atom stereocenters. The van der Waals surface area contributed by atoms with Crippen molar-refractivity contribution in [1.82, 2.24) is 20.4 Å². The molecule has 0 radical (unpaired) electrons. The Morgan fingerprint density at radius 3 is 2.56 bits per heavy atom. The van der Waals surface area contributed by atoms with Crippen LogP contribution >= 0.6 is 11.6 Å². The lowest BCUT2D eigenvalue weighted by Crippen LogP contribution is -2.30. The Kier molecular flexibility index (Phi) is 5.74. The lowest BCUT2D eigenvalue weighted by molar-refractivity contribution is -0.114. The molecule has 0 saturated heterocycles. The van der Waals surface area contributed by atoms with Crippen molar-refractivity contribution in [2.75, 3.05) is 23.2 Å². The number of carbonyl (C=O) groups excluding carboxylic acids is 2. The Labute approximate surface area is 146 Å². The van der Waals surface area contributed by atoms with E-state index in [0.29, 0.717) is 5.69 Å². The summed E-state index contributed by atoms with van der Waals surface area (Å²) in [6.45, 7) is 1.33. The fourth-order valence-electron chi connectivity index (χ4n) is 1.65. The number of anilines is 4. The molecule has 2 aromatic rings. The number of rotatable bonds is 5. The molecule has 0 saturated carbocycles. The molecule has 1 aromatic carbocycles. The average molecular weight is 368 g/mol. The summed E-state index contributed by atoms with van der Waals surface area (Å²) in [5.74, 6) is -0.437. The Morgan fingerprint density at radius 1 is 1.20 bits per heavy atom. The van der Waals surface area contributed by atoms with Crippen LogP contribution in [-0.2, 0) is 9.53 Å². The Morgan fingerprint density at radius 2 is 1.92 bits per heavy atom. The molecule has 1 aromatic heterocycles. The van der Waals surface area contributed by atoms with Crippen LogP contribution in [0.3, 0.4) is 0 Å². The molecule has 5 N–H and O–H groups in total. The van der Waals surface area contributed by atoms with Gasteiger partial charge in [0.05, 0.1) is 12.8 Å². The van der Waals surface area contributed by atoms with E-state index < -0.39 is 6.09 Å². The summed E-state index contributed by atoms with van der Waals surface area (Å²) in [6.07, 6.45) is -0.746. The second kappa shape index (κ2) is 7.97. The van der Waals surface area contributed by atoms with E-state index in [1.165, 1.54) is 26.2 Å². The highest BCUT2D eigenvalue weighted by atomic mass is 35.5. The molecule has 0 aliphatic carbocycles. The largest absolute Gasteiger partial charge is 0.506 e. The zero-order chi connectivity index (χ0) is 18.4.